The van der Waals surface area contributed by atoms with Crippen LogP contribution in [-0.2, 0) is 17.6 Å². The minimum absolute atomic E-state index is 0.167. The number of carbonyl (C=O) groups is 1. The zero-order valence-electron chi connectivity index (χ0n) is 12.4. The largest absolute Gasteiger partial charge is 0.513 e. The minimum Gasteiger partial charge on any atom is -0.513 e. The van der Waals surface area contributed by atoms with Crippen LogP contribution in [0, 0.1) is 0 Å². The standard InChI is InChI=1S/C11H16.C3H6O.C2H4O2/c1-3-7-11-9-6-5-8-10(11)4-2;1-3(2)4;1-2(3)4/h5-6,8-9H,3-4,7H2,1-2H3;4H,1H2,2H3;1H3,(H,3,4). The van der Waals surface area contributed by atoms with Gasteiger partial charge in [0.15, 0.2) is 0 Å². The Hall–Kier alpha value is -1.77. The second kappa shape index (κ2) is 12.7. The summed E-state index contributed by atoms with van der Waals surface area (Å²) < 4.78 is 0. The minimum atomic E-state index is -0.833. The van der Waals surface area contributed by atoms with E-state index in [2.05, 4.69) is 44.7 Å². The van der Waals surface area contributed by atoms with Gasteiger partial charge >= 0.3 is 0 Å². The number of allylic oxidation sites excluding steroid dienone is 1. The molecule has 0 unspecified atom stereocenters. The number of rotatable bonds is 3. The first kappa shape index (κ1) is 19.6. The molecule has 0 spiro atoms. The van der Waals surface area contributed by atoms with Gasteiger partial charge in [-0.05, 0) is 30.9 Å². The van der Waals surface area contributed by atoms with Crippen LogP contribution in [0.4, 0.5) is 0 Å². The van der Waals surface area contributed by atoms with Crippen LogP contribution in [-0.4, -0.2) is 16.2 Å². The van der Waals surface area contributed by atoms with Gasteiger partial charge in [-0.2, -0.15) is 0 Å². The number of carboxylic acid groups (broad SMARTS) is 1. The van der Waals surface area contributed by atoms with Crippen molar-refractivity contribution in [2.45, 2.75) is 47.0 Å². The highest BCUT2D eigenvalue weighted by atomic mass is 16.4. The number of aliphatic hydroxyl groups is 1. The van der Waals surface area contributed by atoms with E-state index in [1.165, 1.54) is 30.9 Å². The van der Waals surface area contributed by atoms with Gasteiger partial charge < -0.3 is 10.2 Å². The molecule has 0 aliphatic rings. The first-order valence-corrected chi connectivity index (χ1v) is 6.45. The molecule has 0 aromatic heterocycles. The molecule has 0 bridgehead atoms. The molecule has 19 heavy (non-hydrogen) atoms. The maximum atomic E-state index is 9.00. The van der Waals surface area contributed by atoms with Crippen molar-refractivity contribution in [1.29, 1.82) is 0 Å². The Morgan fingerprint density at radius 2 is 1.47 bits per heavy atom. The average molecular weight is 266 g/mol. The van der Waals surface area contributed by atoms with Crippen molar-refractivity contribution in [3.63, 3.8) is 0 Å². The fraction of sp³-hybridized carbons (Fsp3) is 0.438. The van der Waals surface area contributed by atoms with Crippen LogP contribution in [0.25, 0.3) is 0 Å². The summed E-state index contributed by atoms with van der Waals surface area (Å²) in [4.78, 5) is 9.00. The number of carboxylic acids is 1. The van der Waals surface area contributed by atoms with Gasteiger partial charge in [-0.25, -0.2) is 0 Å². The van der Waals surface area contributed by atoms with E-state index in [0.717, 1.165) is 13.3 Å². The van der Waals surface area contributed by atoms with E-state index in [9.17, 15) is 0 Å². The smallest absolute Gasteiger partial charge is 0.300 e. The Labute approximate surface area is 116 Å². The summed E-state index contributed by atoms with van der Waals surface area (Å²) in [6.07, 6.45) is 3.64. The lowest BCUT2D eigenvalue weighted by atomic mass is 10.0. The number of benzene rings is 1. The molecule has 1 rings (SSSR count). The van der Waals surface area contributed by atoms with Crippen LogP contribution < -0.4 is 0 Å². The second-order valence-electron chi connectivity index (χ2n) is 4.13. The summed E-state index contributed by atoms with van der Waals surface area (Å²) in [5.74, 6) is -0.667. The molecule has 3 heteroatoms. The van der Waals surface area contributed by atoms with Gasteiger partial charge in [-0.15, -0.1) is 0 Å². The van der Waals surface area contributed by atoms with E-state index in [1.807, 2.05) is 0 Å². The summed E-state index contributed by atoms with van der Waals surface area (Å²) >= 11 is 0. The van der Waals surface area contributed by atoms with Gasteiger partial charge in [0.2, 0.25) is 0 Å². The fourth-order valence-corrected chi connectivity index (χ4v) is 1.42. The van der Waals surface area contributed by atoms with Crippen molar-refractivity contribution in [3.05, 3.63) is 47.7 Å². The summed E-state index contributed by atoms with van der Waals surface area (Å²) in [6.45, 7) is 10.2. The first-order valence-electron chi connectivity index (χ1n) is 6.45. The Morgan fingerprint density at radius 1 is 1.11 bits per heavy atom. The molecule has 108 valence electrons. The van der Waals surface area contributed by atoms with Crippen LogP contribution in [0.1, 0.15) is 45.2 Å². The second-order valence-corrected chi connectivity index (χ2v) is 4.13. The predicted molar refractivity (Wildman–Crippen MR) is 80.6 cm³/mol. The van der Waals surface area contributed by atoms with Crippen molar-refractivity contribution in [2.24, 2.45) is 0 Å². The first-order chi connectivity index (χ1) is 8.84. The molecule has 1 aromatic rings. The van der Waals surface area contributed by atoms with Crippen LogP contribution in [0.2, 0.25) is 0 Å². The number of hydrogen-bond acceptors (Lipinski definition) is 2. The normalized spacial score (nSPS) is 8.42. The van der Waals surface area contributed by atoms with Crippen LogP contribution in [0.5, 0.6) is 0 Å². The van der Waals surface area contributed by atoms with Crippen LogP contribution >= 0.6 is 0 Å². The summed E-state index contributed by atoms with van der Waals surface area (Å²) in [7, 11) is 0. The molecule has 0 radical (unpaired) electrons. The zero-order chi connectivity index (χ0) is 15.3. The van der Waals surface area contributed by atoms with Gasteiger partial charge in [0.05, 0.1) is 5.76 Å². The topological polar surface area (TPSA) is 57.5 Å². The van der Waals surface area contributed by atoms with Crippen LogP contribution in [0.15, 0.2) is 36.6 Å². The number of aryl methyl sites for hydroxylation is 2. The molecule has 0 saturated carbocycles. The number of aliphatic carboxylic acids is 1. The van der Waals surface area contributed by atoms with E-state index in [0.29, 0.717) is 0 Å². The Morgan fingerprint density at radius 3 is 1.79 bits per heavy atom. The SMILES string of the molecule is C=C(C)O.CC(=O)O.CCCc1ccccc1CC. The monoisotopic (exact) mass is 266 g/mol. The summed E-state index contributed by atoms with van der Waals surface area (Å²) in [5, 5.41) is 15.3. The van der Waals surface area contributed by atoms with Crippen LogP contribution in [0.3, 0.4) is 0 Å². The van der Waals surface area contributed by atoms with E-state index in [-0.39, 0.29) is 5.76 Å². The van der Waals surface area contributed by atoms with Crippen molar-refractivity contribution >= 4 is 5.97 Å². The van der Waals surface area contributed by atoms with Gasteiger partial charge in [0, 0.05) is 6.92 Å². The van der Waals surface area contributed by atoms with Crippen molar-refractivity contribution in [1.82, 2.24) is 0 Å². The van der Waals surface area contributed by atoms with Crippen molar-refractivity contribution < 1.29 is 15.0 Å². The molecule has 0 atom stereocenters. The lowest BCUT2D eigenvalue weighted by molar-refractivity contribution is -0.134. The Kier molecular flexibility index (Phi) is 13.1. The van der Waals surface area contributed by atoms with E-state index < -0.39 is 5.97 Å². The molecule has 0 aliphatic heterocycles. The maximum Gasteiger partial charge on any atom is 0.300 e. The summed E-state index contributed by atoms with van der Waals surface area (Å²) in [5.41, 5.74) is 3.03. The Balaban J connectivity index is 0. The van der Waals surface area contributed by atoms with Gasteiger partial charge in [-0.3, -0.25) is 4.79 Å². The highest BCUT2D eigenvalue weighted by Crippen LogP contribution is 2.10. The third-order valence-electron chi connectivity index (χ3n) is 2.02. The quantitative estimate of drug-likeness (QED) is 0.799. The highest BCUT2D eigenvalue weighted by Gasteiger charge is 1.96. The Bertz CT molecular complexity index is 350. The molecular weight excluding hydrogens is 240 g/mol. The van der Waals surface area contributed by atoms with Gasteiger partial charge in [-0.1, -0.05) is 51.1 Å². The van der Waals surface area contributed by atoms with Crippen molar-refractivity contribution in [3.8, 4) is 0 Å². The molecule has 0 amide bonds. The molecule has 1 aromatic carbocycles. The molecular formula is C16H26O3. The molecule has 3 nitrogen and oxygen atoms in total. The predicted octanol–water partition coefficient (Wildman–Crippen LogP) is 4.37. The third-order valence-corrected chi connectivity index (χ3v) is 2.02. The molecule has 0 saturated heterocycles. The lowest BCUT2D eigenvalue weighted by Crippen LogP contribution is -1.90. The molecule has 2 N–H and O–H groups in total. The molecule has 0 heterocycles. The summed E-state index contributed by atoms with van der Waals surface area (Å²) in [6, 6.07) is 8.72. The zero-order valence-corrected chi connectivity index (χ0v) is 12.4. The maximum absolute atomic E-state index is 9.00. The third kappa shape index (κ3) is 16.2. The van der Waals surface area contributed by atoms with Gasteiger partial charge in [0.1, 0.15) is 0 Å². The molecule has 0 fully saturated rings. The average Bonchev–Trinajstić information content (AvgIpc) is 2.28. The van der Waals surface area contributed by atoms with Gasteiger partial charge in [0.25, 0.3) is 5.97 Å². The van der Waals surface area contributed by atoms with E-state index in [4.69, 9.17) is 15.0 Å². The lowest BCUT2D eigenvalue weighted by Gasteiger charge is -2.04. The van der Waals surface area contributed by atoms with E-state index in [1.54, 1.807) is 0 Å². The fourth-order valence-electron chi connectivity index (χ4n) is 1.42. The number of aliphatic hydroxyl groups excluding tert-OH is 1. The molecule has 0 aliphatic carbocycles. The van der Waals surface area contributed by atoms with E-state index >= 15 is 0 Å². The number of hydrogen-bond donors (Lipinski definition) is 2. The highest BCUT2D eigenvalue weighted by molar-refractivity contribution is 5.62. The van der Waals surface area contributed by atoms with Crippen molar-refractivity contribution in [2.75, 3.05) is 0 Å².